The van der Waals surface area contributed by atoms with Crippen molar-refractivity contribution in [3.63, 3.8) is 0 Å². The van der Waals surface area contributed by atoms with E-state index in [1.807, 2.05) is 0 Å². The minimum Gasteiger partial charge on any atom is -0.397 e. The van der Waals surface area contributed by atoms with Crippen LogP contribution in [-0.4, -0.2) is 13.1 Å². The Labute approximate surface area is 113 Å². The highest BCUT2D eigenvalue weighted by molar-refractivity contribution is 6.31. The summed E-state index contributed by atoms with van der Waals surface area (Å²) in [6.45, 7) is 6.47. The van der Waals surface area contributed by atoms with Crippen molar-refractivity contribution in [3.05, 3.63) is 23.0 Å². The fourth-order valence-electron chi connectivity index (χ4n) is 2.47. The molecule has 1 saturated heterocycles. The van der Waals surface area contributed by atoms with Gasteiger partial charge >= 0.3 is 0 Å². The second-order valence-corrected chi connectivity index (χ2v) is 5.88. The van der Waals surface area contributed by atoms with E-state index in [-0.39, 0.29) is 5.02 Å². The topological polar surface area (TPSA) is 29.3 Å². The quantitative estimate of drug-likeness (QED) is 0.821. The molecule has 1 aromatic rings. The van der Waals surface area contributed by atoms with Gasteiger partial charge in [0.15, 0.2) is 0 Å². The molecule has 2 rings (SSSR count). The molecule has 4 heteroatoms. The zero-order chi connectivity index (χ0) is 13.3. The van der Waals surface area contributed by atoms with E-state index in [1.54, 1.807) is 6.07 Å². The number of hydrogen-bond acceptors (Lipinski definition) is 2. The van der Waals surface area contributed by atoms with Gasteiger partial charge in [0, 0.05) is 19.2 Å². The summed E-state index contributed by atoms with van der Waals surface area (Å²) < 4.78 is 13.3. The van der Waals surface area contributed by atoms with Gasteiger partial charge in [0.25, 0.3) is 0 Å². The van der Waals surface area contributed by atoms with Crippen LogP contribution in [0, 0.1) is 11.2 Å². The van der Waals surface area contributed by atoms with Crippen molar-refractivity contribution in [2.24, 2.45) is 5.41 Å². The van der Waals surface area contributed by atoms with Crippen LogP contribution in [0.4, 0.5) is 15.8 Å². The Hall–Kier alpha value is -0.960. The van der Waals surface area contributed by atoms with Crippen molar-refractivity contribution in [1.29, 1.82) is 0 Å². The van der Waals surface area contributed by atoms with Crippen LogP contribution in [0.1, 0.15) is 33.1 Å². The molecule has 0 aliphatic carbocycles. The molecular formula is C14H20ClFN2. The minimum absolute atomic E-state index is 0.142. The average Bonchev–Trinajstić information content (AvgIpc) is 2.35. The summed E-state index contributed by atoms with van der Waals surface area (Å²) in [5.41, 5.74) is 7.64. The second-order valence-electron chi connectivity index (χ2n) is 5.48. The van der Waals surface area contributed by atoms with E-state index in [0.717, 1.165) is 31.6 Å². The van der Waals surface area contributed by atoms with Gasteiger partial charge in [-0.05, 0) is 24.3 Å². The molecule has 1 aromatic carbocycles. The van der Waals surface area contributed by atoms with E-state index < -0.39 is 5.82 Å². The lowest BCUT2D eigenvalue weighted by molar-refractivity contribution is 0.238. The predicted molar refractivity (Wildman–Crippen MR) is 75.7 cm³/mol. The van der Waals surface area contributed by atoms with Crippen LogP contribution in [-0.2, 0) is 0 Å². The summed E-state index contributed by atoms with van der Waals surface area (Å²) in [5.74, 6) is -0.451. The number of nitrogen functional groups attached to an aromatic ring is 1. The van der Waals surface area contributed by atoms with Crippen LogP contribution in [0.15, 0.2) is 12.1 Å². The number of rotatable bonds is 2. The van der Waals surface area contributed by atoms with Crippen LogP contribution in [0.2, 0.25) is 5.02 Å². The van der Waals surface area contributed by atoms with Crippen molar-refractivity contribution in [2.75, 3.05) is 23.7 Å². The Morgan fingerprint density at radius 1 is 1.39 bits per heavy atom. The van der Waals surface area contributed by atoms with Gasteiger partial charge in [-0.1, -0.05) is 31.9 Å². The van der Waals surface area contributed by atoms with Crippen molar-refractivity contribution in [1.82, 2.24) is 0 Å². The maximum Gasteiger partial charge on any atom is 0.143 e. The van der Waals surface area contributed by atoms with Gasteiger partial charge in [0.2, 0.25) is 0 Å². The first-order valence-electron chi connectivity index (χ1n) is 6.45. The van der Waals surface area contributed by atoms with E-state index in [2.05, 4.69) is 18.7 Å². The van der Waals surface area contributed by atoms with Crippen LogP contribution in [0.3, 0.4) is 0 Å². The maximum absolute atomic E-state index is 13.3. The number of anilines is 2. The lowest BCUT2D eigenvalue weighted by atomic mass is 9.78. The zero-order valence-electron chi connectivity index (χ0n) is 11.0. The van der Waals surface area contributed by atoms with Gasteiger partial charge in [-0.15, -0.1) is 0 Å². The molecule has 0 radical (unpaired) electrons. The highest BCUT2D eigenvalue weighted by atomic mass is 35.5. The summed E-state index contributed by atoms with van der Waals surface area (Å²) in [5, 5.41) is 0.142. The summed E-state index contributed by atoms with van der Waals surface area (Å²) in [6.07, 6.45) is 3.47. The van der Waals surface area contributed by atoms with E-state index in [1.165, 1.54) is 12.5 Å². The molecule has 0 spiro atoms. The van der Waals surface area contributed by atoms with Crippen molar-refractivity contribution < 1.29 is 4.39 Å². The molecule has 1 heterocycles. The molecule has 2 nitrogen and oxygen atoms in total. The summed E-state index contributed by atoms with van der Waals surface area (Å²) in [4.78, 5) is 2.21. The second kappa shape index (κ2) is 4.96. The van der Waals surface area contributed by atoms with E-state index in [4.69, 9.17) is 17.3 Å². The Morgan fingerprint density at radius 3 is 2.56 bits per heavy atom. The molecule has 0 aromatic heterocycles. The smallest absolute Gasteiger partial charge is 0.143 e. The Morgan fingerprint density at radius 2 is 2.00 bits per heavy atom. The van der Waals surface area contributed by atoms with Gasteiger partial charge in [0.05, 0.1) is 16.4 Å². The van der Waals surface area contributed by atoms with E-state index in [9.17, 15) is 4.39 Å². The van der Waals surface area contributed by atoms with E-state index >= 15 is 0 Å². The van der Waals surface area contributed by atoms with Crippen LogP contribution >= 0.6 is 11.6 Å². The highest BCUT2D eigenvalue weighted by Gasteiger charge is 2.29. The molecule has 0 atom stereocenters. The van der Waals surface area contributed by atoms with Crippen LogP contribution in [0.25, 0.3) is 0 Å². The van der Waals surface area contributed by atoms with Crippen molar-refractivity contribution >= 4 is 23.0 Å². The third-order valence-corrected chi connectivity index (χ3v) is 4.52. The Bertz CT molecular complexity index is 440. The number of halogens is 2. The fraction of sp³-hybridized carbons (Fsp3) is 0.571. The molecule has 0 saturated carbocycles. The number of hydrogen-bond donors (Lipinski definition) is 1. The molecule has 1 fully saturated rings. The van der Waals surface area contributed by atoms with Crippen molar-refractivity contribution in [3.8, 4) is 0 Å². The number of piperidine rings is 1. The third-order valence-electron chi connectivity index (χ3n) is 4.23. The molecular weight excluding hydrogens is 251 g/mol. The standard InChI is InChI=1S/C14H20ClFN2/c1-3-14(2)4-6-18(7-5-14)13-8-10(15)11(16)9-12(13)17/h8-9H,3-7,17H2,1-2H3. The molecule has 0 amide bonds. The average molecular weight is 271 g/mol. The molecule has 18 heavy (non-hydrogen) atoms. The first-order valence-corrected chi connectivity index (χ1v) is 6.82. The van der Waals surface area contributed by atoms with Gasteiger partial charge in [-0.2, -0.15) is 0 Å². The summed E-state index contributed by atoms with van der Waals surface area (Å²) >= 11 is 5.83. The summed E-state index contributed by atoms with van der Waals surface area (Å²) in [6, 6.07) is 2.95. The van der Waals surface area contributed by atoms with E-state index in [0.29, 0.717) is 11.1 Å². The van der Waals surface area contributed by atoms with Gasteiger partial charge < -0.3 is 10.6 Å². The SMILES string of the molecule is CCC1(C)CCN(c2cc(Cl)c(F)cc2N)CC1. The normalized spacial score (nSPS) is 19.0. The molecule has 2 N–H and O–H groups in total. The largest absolute Gasteiger partial charge is 0.397 e. The molecule has 1 aliphatic heterocycles. The van der Waals surface area contributed by atoms with Gasteiger partial charge in [-0.3, -0.25) is 0 Å². The number of nitrogens with zero attached hydrogens (tertiary/aromatic N) is 1. The molecule has 0 bridgehead atoms. The number of benzene rings is 1. The fourth-order valence-corrected chi connectivity index (χ4v) is 2.62. The molecule has 1 aliphatic rings. The third kappa shape index (κ3) is 2.56. The maximum atomic E-state index is 13.3. The minimum atomic E-state index is -0.451. The molecule has 100 valence electrons. The van der Waals surface area contributed by atoms with Crippen LogP contribution < -0.4 is 10.6 Å². The lowest BCUT2D eigenvalue weighted by Gasteiger charge is -2.40. The zero-order valence-corrected chi connectivity index (χ0v) is 11.7. The first-order chi connectivity index (χ1) is 8.45. The van der Waals surface area contributed by atoms with Crippen molar-refractivity contribution in [2.45, 2.75) is 33.1 Å². The van der Waals surface area contributed by atoms with Gasteiger partial charge in [0.1, 0.15) is 5.82 Å². The highest BCUT2D eigenvalue weighted by Crippen LogP contribution is 2.38. The lowest BCUT2D eigenvalue weighted by Crippen LogP contribution is -2.38. The predicted octanol–water partition coefficient (Wildman–Crippen LogP) is 4.08. The first kappa shape index (κ1) is 13.5. The Balaban J connectivity index is 2.17. The number of nitrogens with two attached hydrogens (primary N) is 1. The summed E-state index contributed by atoms with van der Waals surface area (Å²) in [7, 11) is 0. The van der Waals surface area contributed by atoms with Gasteiger partial charge in [-0.25, -0.2) is 4.39 Å². The monoisotopic (exact) mass is 270 g/mol. The molecule has 0 unspecified atom stereocenters. The van der Waals surface area contributed by atoms with Crippen LogP contribution in [0.5, 0.6) is 0 Å². The Kier molecular flexibility index (Phi) is 3.71.